The summed E-state index contributed by atoms with van der Waals surface area (Å²) < 4.78 is 1.17. The number of β-lactam (4-membered cyclic amide) rings is 1. The van der Waals surface area contributed by atoms with Crippen LogP contribution in [0.1, 0.15) is 47.8 Å². The van der Waals surface area contributed by atoms with Crippen LogP contribution in [0.3, 0.4) is 0 Å². The Balaban J connectivity index is 1.18. The van der Waals surface area contributed by atoms with Gasteiger partial charge in [0.2, 0.25) is 17.2 Å². The van der Waals surface area contributed by atoms with E-state index in [1.165, 1.54) is 40.9 Å². The van der Waals surface area contributed by atoms with Crippen molar-refractivity contribution in [3.05, 3.63) is 69.5 Å². The van der Waals surface area contributed by atoms with E-state index in [9.17, 15) is 34.2 Å². The molecule has 0 spiro atoms. The van der Waals surface area contributed by atoms with Gasteiger partial charge in [0.25, 0.3) is 5.91 Å². The first kappa shape index (κ1) is 31.1. The molecule has 0 saturated carbocycles. The largest absolute Gasteiger partial charge is 0.508 e. The number of hydrogen-bond acceptors (Lipinski definition) is 9. The number of aromatic nitrogens is 1. The number of phenols is 1. The number of piperazine rings is 1. The number of benzene rings is 2. The third-order valence-electron chi connectivity index (χ3n) is 9.58. The van der Waals surface area contributed by atoms with Crippen molar-refractivity contribution >= 4 is 52.0 Å². The van der Waals surface area contributed by atoms with Crippen LogP contribution in [0, 0.1) is 0 Å². The third-order valence-corrected chi connectivity index (χ3v) is 11.2. The first-order chi connectivity index (χ1) is 22.5. The zero-order valence-electron chi connectivity index (χ0n) is 26.0. The summed E-state index contributed by atoms with van der Waals surface area (Å²) in [5, 5.41) is 28.3. The highest BCUT2D eigenvalue weighted by Gasteiger charge is 2.64. The van der Waals surface area contributed by atoms with Crippen molar-refractivity contribution in [1.82, 2.24) is 25.4 Å². The van der Waals surface area contributed by atoms with Crippen LogP contribution in [-0.2, 0) is 27.3 Å². The summed E-state index contributed by atoms with van der Waals surface area (Å²) in [7, 11) is 0. The molecular formula is C33H36N6O7S. The number of amides is 3. The van der Waals surface area contributed by atoms with E-state index in [1.807, 2.05) is 10.6 Å². The van der Waals surface area contributed by atoms with E-state index in [2.05, 4.69) is 20.9 Å². The summed E-state index contributed by atoms with van der Waals surface area (Å²) in [6, 6.07) is 6.09. The van der Waals surface area contributed by atoms with E-state index in [0.717, 1.165) is 55.8 Å². The lowest BCUT2D eigenvalue weighted by Crippen LogP contribution is -2.71. The first-order valence-corrected chi connectivity index (χ1v) is 16.6. The lowest BCUT2D eigenvalue weighted by atomic mass is 9.95. The molecule has 4 unspecified atom stereocenters. The Morgan fingerprint density at radius 2 is 1.77 bits per heavy atom. The number of anilines is 1. The van der Waals surface area contributed by atoms with Crippen molar-refractivity contribution in [2.75, 3.05) is 31.1 Å². The quantitative estimate of drug-likeness (QED) is 0.232. The molecule has 3 amide bonds. The monoisotopic (exact) mass is 660 g/mol. The fourth-order valence-corrected chi connectivity index (χ4v) is 8.96. The SMILES string of the molecule is CC1(C)SC2C(NC(=O)C(NC(=O)c3cn4c5c(c(N6CCNCC6)ccc5c3=O)CCC4)c3ccc(O)cc3)C(=O)N2C1C(=O)O. The highest BCUT2D eigenvalue weighted by atomic mass is 32.2. The summed E-state index contributed by atoms with van der Waals surface area (Å²) in [6.07, 6.45) is 3.23. The molecule has 0 radical (unpaired) electrons. The predicted octanol–water partition coefficient (Wildman–Crippen LogP) is 1.17. The molecule has 3 saturated heterocycles. The van der Waals surface area contributed by atoms with Crippen LogP contribution in [0.15, 0.2) is 47.4 Å². The number of carboxylic acid groups (broad SMARTS) is 1. The number of aryl methyl sites for hydroxylation is 2. The molecule has 14 heteroatoms. The van der Waals surface area contributed by atoms with Gasteiger partial charge < -0.3 is 40.5 Å². The number of phenolic OH excluding ortho intramolecular Hbond substituents is 1. The van der Waals surface area contributed by atoms with Gasteiger partial charge in [-0.1, -0.05) is 12.1 Å². The van der Waals surface area contributed by atoms with Crippen LogP contribution in [-0.4, -0.2) is 91.8 Å². The number of nitrogens with zero attached hydrogens (tertiary/aromatic N) is 3. The maximum absolute atomic E-state index is 13.9. The minimum atomic E-state index is -1.32. The van der Waals surface area contributed by atoms with Gasteiger partial charge in [-0.05, 0) is 62.1 Å². The molecular weight excluding hydrogens is 624 g/mol. The molecule has 3 fully saturated rings. The van der Waals surface area contributed by atoms with Crippen molar-refractivity contribution in [3.63, 3.8) is 0 Å². The van der Waals surface area contributed by atoms with E-state index in [4.69, 9.17) is 0 Å². The summed E-state index contributed by atoms with van der Waals surface area (Å²) in [5.41, 5.74) is 2.80. The molecule has 1 aromatic heterocycles. The minimum absolute atomic E-state index is 0.0452. The molecule has 4 aliphatic rings. The molecule has 4 aliphatic heterocycles. The second-order valence-corrected chi connectivity index (χ2v) is 14.7. The van der Waals surface area contributed by atoms with Crippen molar-refractivity contribution in [2.24, 2.45) is 0 Å². The van der Waals surface area contributed by atoms with Crippen LogP contribution >= 0.6 is 11.8 Å². The van der Waals surface area contributed by atoms with E-state index < -0.39 is 57.4 Å². The molecule has 47 heavy (non-hydrogen) atoms. The Morgan fingerprint density at radius 1 is 1.04 bits per heavy atom. The van der Waals surface area contributed by atoms with E-state index >= 15 is 0 Å². The summed E-state index contributed by atoms with van der Waals surface area (Å²) >= 11 is 1.29. The van der Waals surface area contributed by atoms with E-state index in [-0.39, 0.29) is 11.3 Å². The zero-order valence-corrected chi connectivity index (χ0v) is 26.8. The average molecular weight is 661 g/mol. The molecule has 0 bridgehead atoms. The standard InChI is InChI=1S/C33H36N6O7S/c1-33(2)27(32(45)46)39-30(44)24(31(39)47-33)36-29(43)23(17-5-7-18(40)8-6-17)35-28(42)21-16-38-13-3-4-19-22(37-14-11-34-12-15-37)10-9-20(25(19)38)26(21)41/h5-10,16,23-24,27,31,34,40H,3-4,11-15H2,1-2H3,(H,35,42)(H,36,43)(H,45,46). The lowest BCUT2D eigenvalue weighted by Gasteiger charge is -2.44. The molecule has 4 atom stereocenters. The van der Waals surface area contributed by atoms with Gasteiger partial charge >= 0.3 is 5.97 Å². The van der Waals surface area contributed by atoms with Crippen LogP contribution in [0.2, 0.25) is 0 Å². The van der Waals surface area contributed by atoms with Gasteiger partial charge in [-0.3, -0.25) is 19.2 Å². The lowest BCUT2D eigenvalue weighted by molar-refractivity contribution is -0.161. The van der Waals surface area contributed by atoms with Crippen molar-refractivity contribution in [1.29, 1.82) is 0 Å². The average Bonchev–Trinajstić information content (AvgIpc) is 3.32. The summed E-state index contributed by atoms with van der Waals surface area (Å²) in [6.45, 7) is 7.61. The van der Waals surface area contributed by atoms with Gasteiger partial charge in [-0.15, -0.1) is 11.8 Å². The fraction of sp³-hybridized carbons (Fsp3) is 0.424. The van der Waals surface area contributed by atoms with E-state index in [0.29, 0.717) is 17.5 Å². The molecule has 7 rings (SSSR count). The van der Waals surface area contributed by atoms with Crippen molar-refractivity contribution in [2.45, 2.75) is 61.5 Å². The number of carbonyl (C=O) groups excluding carboxylic acids is 3. The minimum Gasteiger partial charge on any atom is -0.508 e. The Kier molecular flexibility index (Phi) is 7.66. The summed E-state index contributed by atoms with van der Waals surface area (Å²) in [5.74, 6) is -3.14. The molecule has 13 nitrogen and oxygen atoms in total. The normalized spacial score (nSPS) is 23.5. The van der Waals surface area contributed by atoms with Crippen LogP contribution in [0.25, 0.3) is 10.9 Å². The Hall–Kier alpha value is -4.56. The number of carbonyl (C=O) groups is 4. The zero-order chi connectivity index (χ0) is 33.2. The third kappa shape index (κ3) is 5.19. The predicted molar refractivity (Wildman–Crippen MR) is 176 cm³/mol. The van der Waals surface area contributed by atoms with Crippen molar-refractivity contribution in [3.8, 4) is 5.75 Å². The number of aliphatic carboxylic acids is 1. The maximum atomic E-state index is 13.9. The number of fused-ring (bicyclic) bond motifs is 1. The highest BCUT2D eigenvalue weighted by molar-refractivity contribution is 8.01. The second-order valence-electron chi connectivity index (χ2n) is 12.9. The number of thioether (sulfide) groups is 1. The van der Waals surface area contributed by atoms with Gasteiger partial charge in [0.15, 0.2) is 0 Å². The number of carboxylic acids is 1. The summed E-state index contributed by atoms with van der Waals surface area (Å²) in [4.78, 5) is 70.1. The molecule has 2 aromatic carbocycles. The Labute approximate surface area is 274 Å². The molecule has 246 valence electrons. The van der Waals surface area contributed by atoms with Gasteiger partial charge in [-0.25, -0.2) is 4.79 Å². The smallest absolute Gasteiger partial charge is 0.327 e. The highest BCUT2D eigenvalue weighted by Crippen LogP contribution is 2.50. The molecule has 0 aliphatic carbocycles. The number of rotatable bonds is 7. The molecule has 3 aromatic rings. The topological polar surface area (TPSA) is 173 Å². The van der Waals surface area contributed by atoms with Crippen LogP contribution in [0.5, 0.6) is 5.75 Å². The first-order valence-electron chi connectivity index (χ1n) is 15.7. The number of aromatic hydroxyl groups is 1. The maximum Gasteiger partial charge on any atom is 0.327 e. The molecule has 5 N–H and O–H groups in total. The second kappa shape index (κ2) is 11.6. The van der Waals surface area contributed by atoms with Crippen molar-refractivity contribution < 1.29 is 29.4 Å². The fourth-order valence-electron chi connectivity index (χ4n) is 7.33. The van der Waals surface area contributed by atoms with Gasteiger partial charge in [0.1, 0.15) is 34.8 Å². The van der Waals surface area contributed by atoms with E-state index in [1.54, 1.807) is 26.1 Å². The molecule has 5 heterocycles. The van der Waals surface area contributed by atoms with Crippen LogP contribution in [0.4, 0.5) is 5.69 Å². The Morgan fingerprint density at radius 3 is 2.47 bits per heavy atom. The van der Waals surface area contributed by atoms with Gasteiger partial charge in [0, 0.05) is 54.7 Å². The van der Waals surface area contributed by atoms with Gasteiger partial charge in [0.05, 0.1) is 5.52 Å². The number of pyridine rings is 1. The number of hydrogen-bond donors (Lipinski definition) is 5. The number of nitrogens with one attached hydrogen (secondary N) is 3. The Bertz CT molecular complexity index is 1870. The van der Waals surface area contributed by atoms with Crippen LogP contribution < -0.4 is 26.3 Å². The van der Waals surface area contributed by atoms with Gasteiger partial charge in [-0.2, -0.15) is 0 Å².